The summed E-state index contributed by atoms with van der Waals surface area (Å²) in [5, 5.41) is 4.68. The molecule has 1 rings (SSSR count). The molecule has 0 spiro atoms. The molecule has 2 amide bonds. The fourth-order valence-corrected chi connectivity index (χ4v) is 1.07. The lowest BCUT2D eigenvalue weighted by Crippen LogP contribution is -2.33. The van der Waals surface area contributed by atoms with Gasteiger partial charge in [-0.3, -0.25) is 10.1 Å². The Morgan fingerprint density at radius 1 is 1.53 bits per heavy atom. The van der Waals surface area contributed by atoms with E-state index in [1.807, 2.05) is 0 Å². The molecule has 7 heteroatoms. The molecule has 0 saturated carbocycles. The minimum Gasteiger partial charge on any atom is -0.468 e. The minimum atomic E-state index is -0.540. The van der Waals surface area contributed by atoms with Crippen LogP contribution in [0.3, 0.4) is 0 Å². The van der Waals surface area contributed by atoms with Crippen molar-refractivity contribution in [2.75, 3.05) is 19.0 Å². The molecule has 2 N–H and O–H groups in total. The second kappa shape index (κ2) is 5.40. The number of methoxy groups -OCH3 is 1. The molecule has 1 aromatic rings. The van der Waals surface area contributed by atoms with Gasteiger partial charge in [0.1, 0.15) is 6.54 Å². The lowest BCUT2D eigenvalue weighted by atomic mass is 10.6. The number of hydrogen-bond acceptors (Lipinski definition) is 4. The van der Waals surface area contributed by atoms with Gasteiger partial charge in [0, 0.05) is 6.07 Å². The van der Waals surface area contributed by atoms with Crippen LogP contribution in [0.1, 0.15) is 0 Å². The van der Waals surface area contributed by atoms with E-state index in [4.69, 9.17) is 4.42 Å². The van der Waals surface area contributed by atoms with Gasteiger partial charge in [0.05, 0.1) is 7.11 Å². The molecule has 0 aliphatic rings. The van der Waals surface area contributed by atoms with Crippen LogP contribution >= 0.6 is 15.9 Å². The van der Waals surface area contributed by atoms with Crippen LogP contribution in [-0.4, -0.2) is 25.7 Å². The summed E-state index contributed by atoms with van der Waals surface area (Å²) in [5.41, 5.74) is 0. The number of carbonyl (C=O) groups excluding carboxylic acids is 2. The Morgan fingerprint density at radius 2 is 2.27 bits per heavy atom. The zero-order chi connectivity index (χ0) is 11.3. The van der Waals surface area contributed by atoms with Crippen molar-refractivity contribution in [1.82, 2.24) is 5.32 Å². The number of esters is 1. The van der Waals surface area contributed by atoms with Crippen molar-refractivity contribution in [3.8, 4) is 0 Å². The Bertz CT molecular complexity index is 363. The number of rotatable bonds is 3. The van der Waals surface area contributed by atoms with Crippen LogP contribution in [0, 0.1) is 0 Å². The summed E-state index contributed by atoms with van der Waals surface area (Å²) in [6, 6.07) is 2.67. The zero-order valence-corrected chi connectivity index (χ0v) is 9.46. The number of hydrogen-bond donors (Lipinski definition) is 2. The van der Waals surface area contributed by atoms with Gasteiger partial charge < -0.3 is 14.5 Å². The Labute approximate surface area is 94.1 Å². The number of amides is 2. The van der Waals surface area contributed by atoms with Gasteiger partial charge in [-0.25, -0.2) is 4.79 Å². The van der Waals surface area contributed by atoms with Crippen LogP contribution in [0.5, 0.6) is 0 Å². The Balaban J connectivity index is 2.33. The Hall–Kier alpha value is -1.50. The number of ether oxygens (including phenoxy) is 1. The summed E-state index contributed by atoms with van der Waals surface area (Å²) in [7, 11) is 1.24. The third-order valence-electron chi connectivity index (χ3n) is 1.43. The van der Waals surface area contributed by atoms with Crippen LogP contribution < -0.4 is 10.6 Å². The predicted octanol–water partition coefficient (Wildman–Crippen LogP) is 1.34. The molecule has 0 atom stereocenters. The third kappa shape index (κ3) is 4.03. The van der Waals surface area contributed by atoms with Crippen molar-refractivity contribution in [2.45, 2.75) is 0 Å². The average Bonchev–Trinajstić information content (AvgIpc) is 2.60. The van der Waals surface area contributed by atoms with Crippen molar-refractivity contribution >= 4 is 33.8 Å². The number of nitrogens with one attached hydrogen (secondary N) is 2. The molecule has 0 bridgehead atoms. The van der Waals surface area contributed by atoms with Crippen LogP contribution in [0.15, 0.2) is 21.2 Å². The van der Waals surface area contributed by atoms with E-state index in [2.05, 4.69) is 31.3 Å². The molecular formula is C8H9BrN2O4. The van der Waals surface area contributed by atoms with Gasteiger partial charge in [-0.1, -0.05) is 0 Å². The molecule has 1 aromatic heterocycles. The van der Waals surface area contributed by atoms with Gasteiger partial charge in [0.25, 0.3) is 0 Å². The highest BCUT2D eigenvalue weighted by molar-refractivity contribution is 9.10. The molecule has 0 aliphatic carbocycles. The largest absolute Gasteiger partial charge is 0.468 e. The Morgan fingerprint density at radius 3 is 2.80 bits per heavy atom. The number of urea groups is 1. The van der Waals surface area contributed by atoms with E-state index in [9.17, 15) is 9.59 Å². The van der Waals surface area contributed by atoms with E-state index in [0.29, 0.717) is 4.67 Å². The highest BCUT2D eigenvalue weighted by Crippen LogP contribution is 2.17. The third-order valence-corrected chi connectivity index (χ3v) is 1.86. The first-order valence-corrected chi connectivity index (χ1v) is 4.78. The van der Waals surface area contributed by atoms with Crippen molar-refractivity contribution in [3.05, 3.63) is 16.8 Å². The van der Waals surface area contributed by atoms with E-state index in [1.54, 1.807) is 12.1 Å². The van der Waals surface area contributed by atoms with Gasteiger partial charge in [-0.2, -0.15) is 0 Å². The minimum absolute atomic E-state index is 0.190. The molecule has 0 fully saturated rings. The molecule has 1 heterocycles. The summed E-state index contributed by atoms with van der Waals surface area (Å²) in [5.74, 6) is -0.241. The van der Waals surface area contributed by atoms with Gasteiger partial charge in [-0.15, -0.1) is 0 Å². The smallest absolute Gasteiger partial charge is 0.325 e. The fraction of sp³-hybridized carbons (Fsp3) is 0.250. The maximum absolute atomic E-state index is 11.1. The van der Waals surface area contributed by atoms with E-state index >= 15 is 0 Å². The van der Waals surface area contributed by atoms with E-state index in [1.165, 1.54) is 7.11 Å². The van der Waals surface area contributed by atoms with Crippen LogP contribution in [0.2, 0.25) is 0 Å². The summed E-state index contributed by atoms with van der Waals surface area (Å²) in [4.78, 5) is 21.8. The van der Waals surface area contributed by atoms with Crippen molar-refractivity contribution < 1.29 is 18.7 Å². The number of halogens is 1. The standard InChI is InChI=1S/C8H9BrN2O4/c1-14-7(12)4-10-8(13)11-6-3-2-5(9)15-6/h2-3H,4H2,1H3,(H2,10,11,13). The van der Waals surface area contributed by atoms with Crippen LogP contribution in [0.4, 0.5) is 10.7 Å². The first-order chi connectivity index (χ1) is 7.11. The second-order valence-corrected chi connectivity index (χ2v) is 3.27. The van der Waals surface area contributed by atoms with Crippen LogP contribution in [-0.2, 0) is 9.53 Å². The lowest BCUT2D eigenvalue weighted by molar-refractivity contribution is -0.139. The summed E-state index contributed by atoms with van der Waals surface area (Å²) >= 11 is 3.08. The molecule has 0 aromatic carbocycles. The highest BCUT2D eigenvalue weighted by Gasteiger charge is 2.07. The summed E-state index contributed by atoms with van der Waals surface area (Å²) in [6.07, 6.45) is 0. The van der Waals surface area contributed by atoms with Crippen molar-refractivity contribution in [2.24, 2.45) is 0 Å². The summed E-state index contributed by atoms with van der Waals surface area (Å²) in [6.45, 7) is -0.190. The predicted molar refractivity (Wildman–Crippen MR) is 55.4 cm³/mol. The van der Waals surface area contributed by atoms with Gasteiger partial charge in [-0.05, 0) is 22.0 Å². The van der Waals surface area contributed by atoms with Crippen molar-refractivity contribution in [3.63, 3.8) is 0 Å². The molecule has 0 radical (unpaired) electrons. The second-order valence-electron chi connectivity index (χ2n) is 2.49. The number of carbonyl (C=O) groups is 2. The Kier molecular flexibility index (Phi) is 4.17. The number of anilines is 1. The molecule has 6 nitrogen and oxygen atoms in total. The maximum Gasteiger partial charge on any atom is 0.325 e. The topological polar surface area (TPSA) is 80.6 Å². The van der Waals surface area contributed by atoms with Crippen molar-refractivity contribution in [1.29, 1.82) is 0 Å². The van der Waals surface area contributed by atoms with Gasteiger partial charge in [0.2, 0.25) is 5.88 Å². The maximum atomic E-state index is 11.1. The van der Waals surface area contributed by atoms with Crippen LogP contribution in [0.25, 0.3) is 0 Å². The van der Waals surface area contributed by atoms with E-state index in [0.717, 1.165) is 0 Å². The monoisotopic (exact) mass is 276 g/mol. The zero-order valence-electron chi connectivity index (χ0n) is 7.87. The average molecular weight is 277 g/mol. The molecule has 0 unspecified atom stereocenters. The first-order valence-electron chi connectivity index (χ1n) is 3.99. The fourth-order valence-electron chi connectivity index (χ4n) is 0.762. The highest BCUT2D eigenvalue weighted by atomic mass is 79.9. The quantitative estimate of drug-likeness (QED) is 0.817. The van der Waals surface area contributed by atoms with E-state index in [-0.39, 0.29) is 12.4 Å². The van der Waals surface area contributed by atoms with Gasteiger partial charge in [0.15, 0.2) is 4.67 Å². The molecule has 0 saturated heterocycles. The normalized spacial score (nSPS) is 9.47. The number of furan rings is 1. The molecular weight excluding hydrogens is 268 g/mol. The molecule has 82 valence electrons. The molecule has 15 heavy (non-hydrogen) atoms. The van der Waals surface area contributed by atoms with E-state index < -0.39 is 12.0 Å². The SMILES string of the molecule is COC(=O)CNC(=O)Nc1ccc(Br)o1. The van der Waals surface area contributed by atoms with Gasteiger partial charge >= 0.3 is 12.0 Å². The first kappa shape index (κ1) is 11.6. The molecule has 0 aliphatic heterocycles. The lowest BCUT2D eigenvalue weighted by Gasteiger charge is -2.03. The summed E-state index contributed by atoms with van der Waals surface area (Å²) < 4.78 is 9.86.